The second kappa shape index (κ2) is 9.49. The maximum absolute atomic E-state index is 14.1. The summed E-state index contributed by atoms with van der Waals surface area (Å²) >= 11 is 1.49. The Morgan fingerprint density at radius 2 is 1.84 bits per heavy atom. The fraction of sp³-hybridized carbons (Fsp3) is 0.500. The molecule has 1 aliphatic heterocycles. The second-order valence-corrected chi connectivity index (χ2v) is 10.1. The van der Waals surface area contributed by atoms with Crippen molar-refractivity contribution in [1.82, 2.24) is 4.90 Å². The Kier molecular flexibility index (Phi) is 6.72. The number of anilines is 2. The lowest BCUT2D eigenvalue weighted by molar-refractivity contribution is -0.117. The smallest absolute Gasteiger partial charge is 0.259 e. The van der Waals surface area contributed by atoms with Crippen LogP contribution in [0.5, 0.6) is 0 Å². The Balaban J connectivity index is 1.54. The highest BCUT2D eigenvalue weighted by Gasteiger charge is 2.29. The first-order valence-corrected chi connectivity index (χ1v) is 11.9. The average molecular weight is 444 g/mol. The van der Waals surface area contributed by atoms with E-state index in [0.717, 1.165) is 55.6 Å². The number of carbonyl (C=O) groups is 2. The molecule has 1 aliphatic carbocycles. The van der Waals surface area contributed by atoms with E-state index in [4.69, 9.17) is 0 Å². The highest BCUT2D eigenvalue weighted by atomic mass is 32.1. The molecule has 1 saturated heterocycles. The molecular weight excluding hydrogens is 413 g/mol. The summed E-state index contributed by atoms with van der Waals surface area (Å²) in [5, 5.41) is 6.30. The third kappa shape index (κ3) is 5.15. The maximum Gasteiger partial charge on any atom is 0.259 e. The van der Waals surface area contributed by atoms with Crippen LogP contribution in [0.4, 0.5) is 15.1 Å². The van der Waals surface area contributed by atoms with Crippen LogP contribution < -0.4 is 10.6 Å². The van der Waals surface area contributed by atoms with E-state index in [1.807, 2.05) is 0 Å². The zero-order valence-electron chi connectivity index (χ0n) is 18.2. The lowest BCUT2D eigenvalue weighted by atomic mass is 9.88. The summed E-state index contributed by atoms with van der Waals surface area (Å²) in [6.07, 6.45) is 4.92. The van der Waals surface area contributed by atoms with E-state index in [2.05, 4.69) is 29.4 Å². The third-order valence-electron chi connectivity index (χ3n) is 6.36. The number of hydrogen-bond acceptors (Lipinski definition) is 4. The van der Waals surface area contributed by atoms with Crippen LogP contribution in [0.2, 0.25) is 0 Å². The quantitative estimate of drug-likeness (QED) is 0.688. The number of fused-ring (bicyclic) bond motifs is 1. The number of halogens is 1. The van der Waals surface area contributed by atoms with E-state index in [-0.39, 0.29) is 17.5 Å². The van der Waals surface area contributed by atoms with Crippen LogP contribution in [0.1, 0.15) is 53.9 Å². The van der Waals surface area contributed by atoms with Gasteiger partial charge in [0.15, 0.2) is 0 Å². The second-order valence-electron chi connectivity index (χ2n) is 9.00. The van der Waals surface area contributed by atoms with Crippen molar-refractivity contribution < 1.29 is 14.0 Å². The number of thiophene rings is 1. The van der Waals surface area contributed by atoms with Crippen LogP contribution in [0.3, 0.4) is 0 Å². The predicted octanol–water partition coefficient (Wildman–Crippen LogP) is 4.93. The molecule has 31 heavy (non-hydrogen) atoms. The molecule has 0 spiro atoms. The SMILES string of the molecule is CC1CCN(CC(=O)Nc2sc3c(c2C(=O)Nc2ccccc2F)CC[C@@H](C)C3)CC1. The van der Waals surface area contributed by atoms with Crippen molar-refractivity contribution >= 4 is 33.8 Å². The van der Waals surface area contributed by atoms with Gasteiger partial charge in [0.2, 0.25) is 5.91 Å². The summed E-state index contributed by atoms with van der Waals surface area (Å²) in [6, 6.07) is 6.14. The molecule has 2 amide bonds. The molecule has 0 radical (unpaired) electrons. The zero-order valence-corrected chi connectivity index (χ0v) is 19.0. The monoisotopic (exact) mass is 443 g/mol. The van der Waals surface area contributed by atoms with Gasteiger partial charge < -0.3 is 10.6 Å². The molecule has 1 fully saturated rings. The number of likely N-dealkylation sites (tertiary alicyclic amines) is 1. The number of carbonyl (C=O) groups excluding carboxylic acids is 2. The van der Waals surface area contributed by atoms with Gasteiger partial charge in [-0.15, -0.1) is 11.3 Å². The van der Waals surface area contributed by atoms with E-state index >= 15 is 0 Å². The van der Waals surface area contributed by atoms with Crippen molar-refractivity contribution in [3.63, 3.8) is 0 Å². The molecule has 0 unspecified atom stereocenters. The molecule has 166 valence electrons. The standard InChI is InChI=1S/C24H30FN3O2S/c1-15-9-11-28(12-10-15)14-21(29)27-24-22(17-8-7-16(2)13-20(17)31-24)23(30)26-19-6-4-3-5-18(19)25/h3-6,15-16H,7-14H2,1-2H3,(H,26,30)(H,27,29)/t16-/m1/s1. The van der Waals surface area contributed by atoms with Gasteiger partial charge >= 0.3 is 0 Å². The van der Waals surface area contributed by atoms with Crippen LogP contribution in [-0.2, 0) is 17.6 Å². The number of nitrogens with one attached hydrogen (secondary N) is 2. The molecule has 1 aromatic carbocycles. The minimum absolute atomic E-state index is 0.0962. The van der Waals surface area contributed by atoms with Gasteiger partial charge in [-0.3, -0.25) is 14.5 Å². The first-order chi connectivity index (χ1) is 14.9. The van der Waals surface area contributed by atoms with Crippen LogP contribution in [0.25, 0.3) is 0 Å². The topological polar surface area (TPSA) is 61.4 Å². The van der Waals surface area contributed by atoms with Gasteiger partial charge in [-0.1, -0.05) is 26.0 Å². The fourth-order valence-electron chi connectivity index (χ4n) is 4.42. The molecule has 2 aromatic rings. The molecule has 0 saturated carbocycles. The number of benzene rings is 1. The van der Waals surface area contributed by atoms with E-state index in [1.54, 1.807) is 18.2 Å². The normalized spacial score (nSPS) is 19.6. The number of nitrogens with zero attached hydrogens (tertiary/aromatic N) is 1. The van der Waals surface area contributed by atoms with Crippen LogP contribution in [0, 0.1) is 17.7 Å². The molecule has 2 heterocycles. The Morgan fingerprint density at radius 1 is 1.10 bits per heavy atom. The number of rotatable bonds is 5. The zero-order chi connectivity index (χ0) is 22.0. The van der Waals surface area contributed by atoms with E-state index in [9.17, 15) is 14.0 Å². The van der Waals surface area contributed by atoms with Crippen molar-refractivity contribution in [2.24, 2.45) is 11.8 Å². The summed E-state index contributed by atoms with van der Waals surface area (Å²) in [5.74, 6) is 0.324. The molecule has 7 heteroatoms. The molecule has 2 N–H and O–H groups in total. The minimum Gasteiger partial charge on any atom is -0.319 e. The first-order valence-electron chi connectivity index (χ1n) is 11.1. The van der Waals surface area contributed by atoms with Gasteiger partial charge in [0.05, 0.1) is 17.8 Å². The minimum atomic E-state index is -0.474. The highest BCUT2D eigenvalue weighted by molar-refractivity contribution is 7.17. The number of para-hydroxylation sites is 1. The van der Waals surface area contributed by atoms with Crippen molar-refractivity contribution in [3.05, 3.63) is 46.1 Å². The number of piperidine rings is 1. The Hall–Kier alpha value is -2.25. The summed E-state index contributed by atoms with van der Waals surface area (Å²) in [5.41, 5.74) is 1.64. The molecular formula is C24H30FN3O2S. The van der Waals surface area contributed by atoms with Gasteiger partial charge in [0.1, 0.15) is 10.8 Å². The highest BCUT2D eigenvalue weighted by Crippen LogP contribution is 2.40. The van der Waals surface area contributed by atoms with Crippen molar-refractivity contribution in [2.45, 2.75) is 46.0 Å². The van der Waals surface area contributed by atoms with Crippen LogP contribution >= 0.6 is 11.3 Å². The van der Waals surface area contributed by atoms with Gasteiger partial charge in [-0.25, -0.2) is 4.39 Å². The fourth-order valence-corrected chi connectivity index (χ4v) is 5.84. The number of amides is 2. The Morgan fingerprint density at radius 3 is 2.58 bits per heavy atom. The van der Waals surface area contributed by atoms with Crippen LogP contribution in [0.15, 0.2) is 24.3 Å². The first kappa shape index (κ1) is 22.0. The number of hydrogen-bond donors (Lipinski definition) is 2. The van der Waals surface area contributed by atoms with Crippen LogP contribution in [-0.4, -0.2) is 36.3 Å². The lowest BCUT2D eigenvalue weighted by Crippen LogP contribution is -2.38. The molecule has 0 bridgehead atoms. The van der Waals surface area contributed by atoms with Crippen molar-refractivity contribution in [2.75, 3.05) is 30.3 Å². The Bertz CT molecular complexity index is 966. The molecule has 5 nitrogen and oxygen atoms in total. The molecule has 2 aliphatic rings. The average Bonchev–Trinajstić information content (AvgIpc) is 3.08. The predicted molar refractivity (Wildman–Crippen MR) is 123 cm³/mol. The molecule has 1 aromatic heterocycles. The third-order valence-corrected chi connectivity index (χ3v) is 7.53. The summed E-state index contributed by atoms with van der Waals surface area (Å²) in [7, 11) is 0. The van der Waals surface area contributed by atoms with Gasteiger partial charge in [-0.05, 0) is 74.7 Å². The van der Waals surface area contributed by atoms with Gasteiger partial charge in [-0.2, -0.15) is 0 Å². The van der Waals surface area contributed by atoms with E-state index in [0.29, 0.717) is 28.9 Å². The summed E-state index contributed by atoms with van der Waals surface area (Å²) in [4.78, 5) is 29.3. The summed E-state index contributed by atoms with van der Waals surface area (Å²) in [6.45, 7) is 6.63. The van der Waals surface area contributed by atoms with Gasteiger partial charge in [0, 0.05) is 4.88 Å². The van der Waals surface area contributed by atoms with Crippen molar-refractivity contribution in [1.29, 1.82) is 0 Å². The maximum atomic E-state index is 14.1. The lowest BCUT2D eigenvalue weighted by Gasteiger charge is -2.29. The van der Waals surface area contributed by atoms with E-state index in [1.165, 1.54) is 17.4 Å². The molecule has 4 rings (SSSR count). The largest absolute Gasteiger partial charge is 0.319 e. The van der Waals surface area contributed by atoms with Crippen molar-refractivity contribution in [3.8, 4) is 0 Å². The van der Waals surface area contributed by atoms with Gasteiger partial charge in [0.25, 0.3) is 5.91 Å². The summed E-state index contributed by atoms with van der Waals surface area (Å²) < 4.78 is 14.1. The Labute approximate surface area is 187 Å². The molecule has 1 atom stereocenters. The van der Waals surface area contributed by atoms with E-state index < -0.39 is 5.82 Å².